The molecule has 2 aromatic carbocycles. The third-order valence-electron chi connectivity index (χ3n) is 6.54. The molecule has 1 fully saturated rings. The standard InChI is InChI=1S/C29H33N3O/c1-2-3-4-5-6-7-25-13-14-26-27-20-24(12-15-28(27)31-29(26)30-25)23-10-8-22(9-11-23)21-32-16-18-33-19-17-32/h6-15,20H,2-5,16-19,21H2,1H3,(H,30,31)/b7-6+. The van der Waals surface area contributed by atoms with E-state index in [2.05, 4.69) is 83.6 Å². The largest absolute Gasteiger partial charge is 0.379 e. The molecule has 170 valence electrons. The van der Waals surface area contributed by atoms with E-state index in [1.165, 1.54) is 46.7 Å². The van der Waals surface area contributed by atoms with Crippen LogP contribution in [0.1, 0.15) is 43.9 Å². The van der Waals surface area contributed by atoms with E-state index in [4.69, 9.17) is 9.72 Å². The second-order valence-corrected chi connectivity index (χ2v) is 9.00. The lowest BCUT2D eigenvalue weighted by Gasteiger charge is -2.26. The maximum atomic E-state index is 5.46. The van der Waals surface area contributed by atoms with Gasteiger partial charge in [0.05, 0.1) is 18.9 Å². The van der Waals surface area contributed by atoms with Gasteiger partial charge in [0, 0.05) is 35.9 Å². The molecule has 1 N–H and O–H groups in total. The predicted octanol–water partition coefficient (Wildman–Crippen LogP) is 6.81. The van der Waals surface area contributed by atoms with Gasteiger partial charge in [0.25, 0.3) is 0 Å². The van der Waals surface area contributed by atoms with Crippen LogP contribution in [0.4, 0.5) is 0 Å². The molecular formula is C29H33N3O. The highest BCUT2D eigenvalue weighted by atomic mass is 16.5. The van der Waals surface area contributed by atoms with Crippen LogP contribution in [-0.4, -0.2) is 41.2 Å². The Bertz CT molecular complexity index is 1230. The van der Waals surface area contributed by atoms with Gasteiger partial charge in [0.1, 0.15) is 5.65 Å². The summed E-state index contributed by atoms with van der Waals surface area (Å²) in [7, 11) is 0. The zero-order valence-electron chi connectivity index (χ0n) is 19.5. The SMILES string of the molecule is CCCCC/C=C/c1ccc2c(n1)[nH]c1ccc(-c3ccc(CN4CCOCC4)cc3)cc12. The third kappa shape index (κ3) is 5.18. The molecule has 0 bridgehead atoms. The molecule has 0 spiro atoms. The first-order valence-electron chi connectivity index (χ1n) is 12.3. The summed E-state index contributed by atoms with van der Waals surface area (Å²) in [5, 5.41) is 2.41. The second-order valence-electron chi connectivity index (χ2n) is 9.00. The van der Waals surface area contributed by atoms with Gasteiger partial charge in [-0.2, -0.15) is 0 Å². The van der Waals surface area contributed by atoms with Crippen LogP contribution in [-0.2, 0) is 11.3 Å². The van der Waals surface area contributed by atoms with Gasteiger partial charge in [-0.3, -0.25) is 4.90 Å². The van der Waals surface area contributed by atoms with Crippen LogP contribution in [0.3, 0.4) is 0 Å². The lowest BCUT2D eigenvalue weighted by Crippen LogP contribution is -2.35. The number of H-pyrrole nitrogens is 1. The number of nitrogens with one attached hydrogen (secondary N) is 1. The number of allylic oxidation sites excluding steroid dienone is 1. The number of nitrogens with zero attached hydrogens (tertiary/aromatic N) is 2. The highest BCUT2D eigenvalue weighted by Gasteiger charge is 2.11. The van der Waals surface area contributed by atoms with E-state index < -0.39 is 0 Å². The number of fused-ring (bicyclic) bond motifs is 3. The average Bonchev–Trinajstić information content (AvgIpc) is 3.22. The van der Waals surface area contributed by atoms with Gasteiger partial charge < -0.3 is 9.72 Å². The number of hydrogen-bond acceptors (Lipinski definition) is 3. The zero-order valence-corrected chi connectivity index (χ0v) is 19.5. The van der Waals surface area contributed by atoms with E-state index in [1.54, 1.807) is 0 Å². The molecule has 0 aliphatic carbocycles. The van der Waals surface area contributed by atoms with E-state index in [-0.39, 0.29) is 0 Å². The summed E-state index contributed by atoms with van der Waals surface area (Å²) in [5.41, 5.74) is 6.95. The highest BCUT2D eigenvalue weighted by Crippen LogP contribution is 2.30. The Balaban J connectivity index is 1.34. The summed E-state index contributed by atoms with van der Waals surface area (Å²) in [6.45, 7) is 6.95. The highest BCUT2D eigenvalue weighted by molar-refractivity contribution is 6.07. The van der Waals surface area contributed by atoms with Gasteiger partial charge in [-0.1, -0.05) is 56.2 Å². The minimum absolute atomic E-state index is 0.842. The van der Waals surface area contributed by atoms with Crippen molar-refractivity contribution in [2.45, 2.75) is 39.2 Å². The number of benzene rings is 2. The second kappa shape index (κ2) is 10.3. The summed E-state index contributed by atoms with van der Waals surface area (Å²) in [6, 6.07) is 20.0. The average molecular weight is 440 g/mol. The maximum absolute atomic E-state index is 5.46. The smallest absolute Gasteiger partial charge is 0.139 e. The molecule has 0 unspecified atom stereocenters. The molecule has 0 amide bonds. The number of ether oxygens (including phenoxy) is 1. The monoisotopic (exact) mass is 439 g/mol. The van der Waals surface area contributed by atoms with Crippen LogP contribution in [0.2, 0.25) is 0 Å². The lowest BCUT2D eigenvalue weighted by atomic mass is 10.0. The van der Waals surface area contributed by atoms with E-state index in [0.717, 1.165) is 56.1 Å². The Kier molecular flexibility index (Phi) is 6.84. The van der Waals surface area contributed by atoms with Crippen molar-refractivity contribution < 1.29 is 4.74 Å². The number of pyridine rings is 1. The fourth-order valence-electron chi connectivity index (χ4n) is 4.60. The topological polar surface area (TPSA) is 41.2 Å². The van der Waals surface area contributed by atoms with Crippen molar-refractivity contribution in [3.63, 3.8) is 0 Å². The Hall–Kier alpha value is -2.95. The minimum Gasteiger partial charge on any atom is -0.379 e. The first-order chi connectivity index (χ1) is 16.3. The number of hydrogen-bond donors (Lipinski definition) is 1. The Labute approximate surface area is 196 Å². The normalized spacial score (nSPS) is 15.2. The molecule has 3 heterocycles. The number of morpholine rings is 1. The summed E-state index contributed by atoms with van der Waals surface area (Å²) < 4.78 is 5.46. The Morgan fingerprint density at radius 1 is 0.939 bits per heavy atom. The summed E-state index contributed by atoms with van der Waals surface area (Å²) >= 11 is 0. The molecule has 1 aliphatic heterocycles. The lowest BCUT2D eigenvalue weighted by molar-refractivity contribution is 0.0342. The molecule has 2 aromatic heterocycles. The summed E-state index contributed by atoms with van der Waals surface area (Å²) in [6.07, 6.45) is 9.30. The Morgan fingerprint density at radius 2 is 1.76 bits per heavy atom. The van der Waals surface area contributed by atoms with E-state index >= 15 is 0 Å². The van der Waals surface area contributed by atoms with Gasteiger partial charge in [-0.25, -0.2) is 4.98 Å². The number of aromatic amines is 1. The van der Waals surface area contributed by atoms with E-state index in [9.17, 15) is 0 Å². The first-order valence-corrected chi connectivity index (χ1v) is 12.3. The van der Waals surface area contributed by atoms with Crippen molar-refractivity contribution in [1.29, 1.82) is 0 Å². The van der Waals surface area contributed by atoms with Crippen LogP contribution in [0.25, 0.3) is 39.1 Å². The van der Waals surface area contributed by atoms with Crippen LogP contribution in [0.15, 0.2) is 60.7 Å². The van der Waals surface area contributed by atoms with Crippen molar-refractivity contribution in [3.8, 4) is 11.1 Å². The molecule has 4 nitrogen and oxygen atoms in total. The van der Waals surface area contributed by atoms with Crippen molar-refractivity contribution in [2.24, 2.45) is 0 Å². The number of rotatable bonds is 8. The van der Waals surface area contributed by atoms with Crippen molar-refractivity contribution in [2.75, 3.05) is 26.3 Å². The molecule has 0 radical (unpaired) electrons. The number of aromatic nitrogens is 2. The first kappa shape index (κ1) is 21.9. The molecule has 5 rings (SSSR count). The third-order valence-corrected chi connectivity index (χ3v) is 6.54. The minimum atomic E-state index is 0.842. The summed E-state index contributed by atoms with van der Waals surface area (Å²) in [4.78, 5) is 10.8. The van der Waals surface area contributed by atoms with Gasteiger partial charge >= 0.3 is 0 Å². The summed E-state index contributed by atoms with van der Waals surface area (Å²) in [5.74, 6) is 0. The van der Waals surface area contributed by atoms with Gasteiger partial charge in [-0.05, 0) is 59.9 Å². The van der Waals surface area contributed by atoms with E-state index in [1.807, 2.05) is 0 Å². The molecule has 4 heteroatoms. The quantitative estimate of drug-likeness (QED) is 0.307. The fourth-order valence-corrected chi connectivity index (χ4v) is 4.60. The van der Waals surface area contributed by atoms with Gasteiger partial charge in [0.2, 0.25) is 0 Å². The van der Waals surface area contributed by atoms with Crippen LogP contribution < -0.4 is 0 Å². The van der Waals surface area contributed by atoms with Crippen molar-refractivity contribution >= 4 is 28.0 Å². The fraction of sp³-hybridized carbons (Fsp3) is 0.345. The number of unbranched alkanes of at least 4 members (excludes halogenated alkanes) is 3. The van der Waals surface area contributed by atoms with Crippen LogP contribution in [0, 0.1) is 0 Å². The molecule has 0 saturated carbocycles. The van der Waals surface area contributed by atoms with Crippen molar-refractivity contribution in [1.82, 2.24) is 14.9 Å². The molecular weight excluding hydrogens is 406 g/mol. The Morgan fingerprint density at radius 3 is 2.58 bits per heavy atom. The van der Waals surface area contributed by atoms with Gasteiger partial charge in [0.15, 0.2) is 0 Å². The zero-order chi connectivity index (χ0) is 22.5. The molecule has 1 aliphatic rings. The van der Waals surface area contributed by atoms with E-state index in [0.29, 0.717) is 0 Å². The predicted molar refractivity (Wildman–Crippen MR) is 138 cm³/mol. The molecule has 1 saturated heterocycles. The molecule has 0 atom stereocenters. The van der Waals surface area contributed by atoms with Crippen LogP contribution in [0.5, 0.6) is 0 Å². The van der Waals surface area contributed by atoms with Crippen LogP contribution >= 0.6 is 0 Å². The molecule has 33 heavy (non-hydrogen) atoms. The maximum Gasteiger partial charge on any atom is 0.139 e. The van der Waals surface area contributed by atoms with Crippen molar-refractivity contribution in [3.05, 3.63) is 71.9 Å². The molecule has 4 aromatic rings. The van der Waals surface area contributed by atoms with Gasteiger partial charge in [-0.15, -0.1) is 0 Å².